The summed E-state index contributed by atoms with van der Waals surface area (Å²) >= 11 is 0. The van der Waals surface area contributed by atoms with Crippen LogP contribution < -0.4 is 10.6 Å². The van der Waals surface area contributed by atoms with E-state index in [1.807, 2.05) is 6.07 Å². The first kappa shape index (κ1) is 24.6. The number of aliphatic imine (C=N–C) groups is 1. The van der Waals surface area contributed by atoms with E-state index >= 15 is 0 Å². The van der Waals surface area contributed by atoms with Crippen molar-refractivity contribution < 1.29 is 4.52 Å². The van der Waals surface area contributed by atoms with E-state index in [1.54, 1.807) is 7.05 Å². The molecule has 1 aromatic heterocycles. The zero-order valence-corrected chi connectivity index (χ0v) is 20.8. The molecule has 1 aromatic carbocycles. The number of hydrogen-bond donors (Lipinski definition) is 2. The summed E-state index contributed by atoms with van der Waals surface area (Å²) in [4.78, 5) is 9.19. The quantitative estimate of drug-likeness (QED) is 0.329. The van der Waals surface area contributed by atoms with Crippen LogP contribution in [0.1, 0.15) is 42.3 Å². The molecule has 30 heavy (non-hydrogen) atoms. The summed E-state index contributed by atoms with van der Waals surface area (Å²) in [6, 6.07) is 10.8. The van der Waals surface area contributed by atoms with E-state index in [2.05, 4.69) is 75.7 Å². The highest BCUT2D eigenvalue weighted by Gasteiger charge is 2.13. The topological polar surface area (TPSA) is 68.9 Å². The average Bonchev–Trinajstić information content (AvgIpc) is 3.20. The Bertz CT molecular complexity index is 781. The van der Waals surface area contributed by atoms with Crippen molar-refractivity contribution in [2.45, 2.75) is 39.4 Å². The minimum absolute atomic E-state index is 0. The molecule has 0 spiro atoms. The highest BCUT2D eigenvalue weighted by molar-refractivity contribution is 14.0. The van der Waals surface area contributed by atoms with Crippen molar-refractivity contribution >= 4 is 29.9 Å². The van der Waals surface area contributed by atoms with Crippen LogP contribution in [0.15, 0.2) is 39.8 Å². The summed E-state index contributed by atoms with van der Waals surface area (Å²) in [5.74, 6) is 1.92. The Balaban J connectivity index is 0.00000320. The number of hydrogen-bond acceptors (Lipinski definition) is 5. The molecule has 1 fully saturated rings. The number of aromatic nitrogens is 1. The van der Waals surface area contributed by atoms with Gasteiger partial charge in [0.25, 0.3) is 0 Å². The number of guanidine groups is 1. The molecule has 8 heteroatoms. The molecule has 2 aromatic rings. The fraction of sp³-hybridized carbons (Fsp3) is 0.545. The smallest absolute Gasteiger partial charge is 0.191 e. The summed E-state index contributed by atoms with van der Waals surface area (Å²) in [6.07, 6.45) is 0. The van der Waals surface area contributed by atoms with Crippen molar-refractivity contribution in [3.05, 3.63) is 52.9 Å². The first-order valence-electron chi connectivity index (χ1n) is 10.4. The molecule has 7 nitrogen and oxygen atoms in total. The van der Waals surface area contributed by atoms with Crippen LogP contribution in [-0.2, 0) is 19.6 Å². The summed E-state index contributed by atoms with van der Waals surface area (Å²) in [5.41, 5.74) is 3.57. The van der Waals surface area contributed by atoms with E-state index in [4.69, 9.17) is 4.52 Å². The lowest BCUT2D eigenvalue weighted by Crippen LogP contribution is -2.43. The summed E-state index contributed by atoms with van der Waals surface area (Å²) in [5, 5.41) is 10.7. The second-order valence-electron chi connectivity index (χ2n) is 8.05. The molecule has 0 unspecified atom stereocenters. The largest absolute Gasteiger partial charge is 0.359 e. The molecule has 3 rings (SSSR count). The lowest BCUT2D eigenvalue weighted by atomic mass is 10.1. The van der Waals surface area contributed by atoms with Gasteiger partial charge in [-0.2, -0.15) is 0 Å². The van der Waals surface area contributed by atoms with Crippen LogP contribution in [0.3, 0.4) is 0 Å². The molecule has 1 aliphatic rings. The minimum atomic E-state index is 0. The van der Waals surface area contributed by atoms with Crippen LogP contribution in [0.5, 0.6) is 0 Å². The van der Waals surface area contributed by atoms with Crippen molar-refractivity contribution in [3.63, 3.8) is 0 Å². The Morgan fingerprint density at radius 1 is 1.07 bits per heavy atom. The van der Waals surface area contributed by atoms with Gasteiger partial charge in [-0.15, -0.1) is 24.0 Å². The minimum Gasteiger partial charge on any atom is -0.359 e. The Morgan fingerprint density at radius 2 is 1.70 bits per heavy atom. The Hall–Kier alpha value is -1.65. The number of rotatable bonds is 7. The maximum Gasteiger partial charge on any atom is 0.191 e. The van der Waals surface area contributed by atoms with Crippen LogP contribution >= 0.6 is 24.0 Å². The monoisotopic (exact) mass is 526 g/mol. The van der Waals surface area contributed by atoms with Gasteiger partial charge in [0.2, 0.25) is 0 Å². The van der Waals surface area contributed by atoms with Crippen molar-refractivity contribution in [1.82, 2.24) is 25.6 Å². The second kappa shape index (κ2) is 12.3. The molecule has 1 aliphatic heterocycles. The molecule has 166 valence electrons. The molecule has 0 radical (unpaired) electrons. The zero-order chi connectivity index (χ0) is 20.6. The van der Waals surface area contributed by atoms with Gasteiger partial charge in [0.05, 0.1) is 12.2 Å². The third kappa shape index (κ3) is 7.55. The summed E-state index contributed by atoms with van der Waals surface area (Å²) < 4.78 is 5.36. The van der Waals surface area contributed by atoms with Crippen molar-refractivity contribution in [1.29, 1.82) is 0 Å². The van der Waals surface area contributed by atoms with E-state index in [0.29, 0.717) is 12.5 Å². The normalized spacial score (nSPS) is 15.8. The average molecular weight is 526 g/mol. The predicted molar refractivity (Wildman–Crippen MR) is 132 cm³/mol. The third-order valence-corrected chi connectivity index (χ3v) is 5.31. The predicted octanol–water partition coefficient (Wildman–Crippen LogP) is 3.03. The van der Waals surface area contributed by atoms with E-state index in [9.17, 15) is 0 Å². The fourth-order valence-corrected chi connectivity index (χ4v) is 3.29. The molecule has 0 atom stereocenters. The number of piperazine rings is 1. The van der Waals surface area contributed by atoms with Crippen LogP contribution in [0.25, 0.3) is 0 Å². The standard InChI is InChI=1S/C22H34N6O.HI/c1-17(2)21-13-20(29-26-21)15-25-22(23-3)24-14-18-5-7-19(8-6-18)16-28-11-9-27(4)10-12-28;/h5-8,13,17H,9-12,14-16H2,1-4H3,(H2,23,24,25);1H. The summed E-state index contributed by atoms with van der Waals surface area (Å²) in [7, 11) is 3.96. The second-order valence-corrected chi connectivity index (χ2v) is 8.05. The first-order valence-corrected chi connectivity index (χ1v) is 10.4. The molecule has 2 N–H and O–H groups in total. The van der Waals surface area contributed by atoms with E-state index in [1.165, 1.54) is 11.1 Å². The van der Waals surface area contributed by atoms with Crippen molar-refractivity contribution in [2.75, 3.05) is 40.3 Å². The maximum absolute atomic E-state index is 5.36. The van der Waals surface area contributed by atoms with Gasteiger partial charge in [-0.3, -0.25) is 9.89 Å². The Kier molecular flexibility index (Phi) is 10.1. The van der Waals surface area contributed by atoms with E-state index < -0.39 is 0 Å². The number of nitrogens with zero attached hydrogens (tertiary/aromatic N) is 4. The van der Waals surface area contributed by atoms with Crippen molar-refractivity contribution in [3.8, 4) is 0 Å². The van der Waals surface area contributed by atoms with E-state index in [-0.39, 0.29) is 24.0 Å². The van der Waals surface area contributed by atoms with E-state index in [0.717, 1.165) is 56.7 Å². The van der Waals surface area contributed by atoms with Gasteiger partial charge in [0.15, 0.2) is 11.7 Å². The van der Waals surface area contributed by atoms with Gasteiger partial charge in [0.1, 0.15) is 0 Å². The number of benzene rings is 1. The molecule has 0 saturated carbocycles. The molecular formula is C22H35IN6O. The first-order chi connectivity index (χ1) is 14.0. The number of likely N-dealkylation sites (N-methyl/N-ethyl adjacent to an activating group) is 1. The number of nitrogens with one attached hydrogen (secondary N) is 2. The lowest BCUT2D eigenvalue weighted by molar-refractivity contribution is 0.148. The fourth-order valence-electron chi connectivity index (χ4n) is 3.29. The Labute approximate surface area is 197 Å². The van der Waals surface area contributed by atoms with Gasteiger partial charge >= 0.3 is 0 Å². The van der Waals surface area contributed by atoms with Gasteiger partial charge in [0, 0.05) is 52.4 Å². The van der Waals surface area contributed by atoms with Crippen molar-refractivity contribution in [2.24, 2.45) is 4.99 Å². The number of halogens is 1. The van der Waals surface area contributed by atoms with Crippen LogP contribution in [-0.4, -0.2) is 61.2 Å². The highest BCUT2D eigenvalue weighted by atomic mass is 127. The molecular weight excluding hydrogens is 491 g/mol. The van der Waals surface area contributed by atoms with Crippen LogP contribution in [0, 0.1) is 0 Å². The van der Waals surface area contributed by atoms with Gasteiger partial charge in [-0.1, -0.05) is 43.3 Å². The summed E-state index contributed by atoms with van der Waals surface area (Å²) in [6.45, 7) is 11.1. The lowest BCUT2D eigenvalue weighted by Gasteiger charge is -2.32. The SMILES string of the molecule is CN=C(NCc1ccc(CN2CCN(C)CC2)cc1)NCc1cc(C(C)C)no1.I. The molecule has 0 bridgehead atoms. The Morgan fingerprint density at radius 3 is 2.30 bits per heavy atom. The highest BCUT2D eigenvalue weighted by Crippen LogP contribution is 2.14. The molecule has 0 amide bonds. The van der Waals surface area contributed by atoms with Gasteiger partial charge in [-0.05, 0) is 24.1 Å². The van der Waals surface area contributed by atoms with Gasteiger partial charge in [-0.25, -0.2) is 0 Å². The molecule has 0 aliphatic carbocycles. The van der Waals surface area contributed by atoms with Crippen LogP contribution in [0.4, 0.5) is 0 Å². The molecule has 2 heterocycles. The maximum atomic E-state index is 5.36. The van der Waals surface area contributed by atoms with Crippen LogP contribution in [0.2, 0.25) is 0 Å². The van der Waals surface area contributed by atoms with Gasteiger partial charge < -0.3 is 20.1 Å². The molecule has 1 saturated heterocycles. The zero-order valence-electron chi connectivity index (χ0n) is 18.5. The third-order valence-electron chi connectivity index (χ3n) is 5.31.